The first-order valence-corrected chi connectivity index (χ1v) is 9.68. The molecule has 0 aromatic carbocycles. The molecule has 0 radical (unpaired) electrons. The Morgan fingerprint density at radius 1 is 1.19 bits per heavy atom. The molecule has 2 saturated heterocycles. The monoisotopic (exact) mass is 317 g/mol. The van der Waals surface area contributed by atoms with E-state index in [1.807, 2.05) is 4.90 Å². The summed E-state index contributed by atoms with van der Waals surface area (Å²) in [6.45, 7) is 3.84. The lowest BCUT2D eigenvalue weighted by Gasteiger charge is -2.22. The number of hydrogen-bond donors (Lipinski definition) is 2. The van der Waals surface area contributed by atoms with Gasteiger partial charge in [0.2, 0.25) is 15.9 Å². The normalized spacial score (nSPS) is 20.9. The number of nitrogens with one attached hydrogen (secondary N) is 2. The van der Waals surface area contributed by atoms with Crippen LogP contribution in [0.4, 0.5) is 0 Å². The smallest absolute Gasteiger partial charge is 0.223 e. The summed E-state index contributed by atoms with van der Waals surface area (Å²) in [5.74, 6) is 0.748. The van der Waals surface area contributed by atoms with E-state index in [1.165, 1.54) is 0 Å². The van der Waals surface area contributed by atoms with Crippen LogP contribution in [0.2, 0.25) is 0 Å². The molecule has 0 aromatic heterocycles. The third-order valence-electron chi connectivity index (χ3n) is 4.37. The lowest BCUT2D eigenvalue weighted by Crippen LogP contribution is -2.34. The van der Waals surface area contributed by atoms with E-state index >= 15 is 0 Å². The Kier molecular flexibility index (Phi) is 6.44. The molecule has 2 heterocycles. The summed E-state index contributed by atoms with van der Waals surface area (Å²) in [4.78, 5) is 13.6. The highest BCUT2D eigenvalue weighted by atomic mass is 32.2. The van der Waals surface area contributed by atoms with E-state index in [9.17, 15) is 13.2 Å². The zero-order valence-corrected chi connectivity index (χ0v) is 13.5. The van der Waals surface area contributed by atoms with E-state index in [-0.39, 0.29) is 24.6 Å². The number of likely N-dealkylation sites (tertiary alicyclic amines) is 1. The maximum absolute atomic E-state index is 11.9. The molecular weight excluding hydrogens is 290 g/mol. The molecular formula is C14H27N3O3S. The summed E-state index contributed by atoms with van der Waals surface area (Å²) < 4.78 is 26.4. The van der Waals surface area contributed by atoms with Crippen LogP contribution in [-0.2, 0) is 14.8 Å². The number of nitrogens with zero attached hydrogens (tertiary/aromatic N) is 1. The maximum atomic E-state index is 11.9. The molecule has 0 unspecified atom stereocenters. The Morgan fingerprint density at radius 2 is 1.86 bits per heavy atom. The Hall–Kier alpha value is -0.660. The second-order valence-electron chi connectivity index (χ2n) is 6.03. The molecule has 0 atom stereocenters. The second-order valence-corrected chi connectivity index (χ2v) is 7.96. The number of hydrogen-bond acceptors (Lipinski definition) is 4. The lowest BCUT2D eigenvalue weighted by atomic mass is 9.96. The Bertz CT molecular complexity index is 427. The predicted octanol–water partition coefficient (Wildman–Crippen LogP) is 0.308. The molecule has 0 aromatic rings. The van der Waals surface area contributed by atoms with Gasteiger partial charge in [-0.3, -0.25) is 4.79 Å². The van der Waals surface area contributed by atoms with Crippen LogP contribution in [0.5, 0.6) is 0 Å². The molecule has 2 fully saturated rings. The Morgan fingerprint density at radius 3 is 2.52 bits per heavy atom. The molecule has 122 valence electrons. The summed E-state index contributed by atoms with van der Waals surface area (Å²) in [6, 6.07) is 0. The number of rotatable bonds is 7. The number of carbonyl (C=O) groups is 1. The second kappa shape index (κ2) is 8.10. The molecule has 6 nitrogen and oxygen atoms in total. The van der Waals surface area contributed by atoms with Crippen molar-refractivity contribution in [2.24, 2.45) is 5.92 Å². The molecule has 7 heteroatoms. The van der Waals surface area contributed by atoms with Gasteiger partial charge in [-0.1, -0.05) is 0 Å². The van der Waals surface area contributed by atoms with Crippen LogP contribution in [0.25, 0.3) is 0 Å². The van der Waals surface area contributed by atoms with Gasteiger partial charge in [0.1, 0.15) is 0 Å². The fourth-order valence-corrected chi connectivity index (χ4v) is 4.20. The third kappa shape index (κ3) is 5.92. The van der Waals surface area contributed by atoms with E-state index in [0.29, 0.717) is 5.92 Å². The molecule has 2 aliphatic rings. The van der Waals surface area contributed by atoms with Crippen LogP contribution in [0.3, 0.4) is 0 Å². The van der Waals surface area contributed by atoms with E-state index in [2.05, 4.69) is 10.0 Å². The van der Waals surface area contributed by atoms with Gasteiger partial charge in [0.15, 0.2) is 0 Å². The predicted molar refractivity (Wildman–Crippen MR) is 82.4 cm³/mol. The molecule has 2 aliphatic heterocycles. The molecule has 21 heavy (non-hydrogen) atoms. The fraction of sp³-hybridized carbons (Fsp3) is 0.929. The van der Waals surface area contributed by atoms with Gasteiger partial charge in [0, 0.05) is 26.1 Å². The lowest BCUT2D eigenvalue weighted by molar-refractivity contribution is -0.129. The zero-order chi connectivity index (χ0) is 15.1. The minimum absolute atomic E-state index is 0.0635. The van der Waals surface area contributed by atoms with Gasteiger partial charge in [-0.15, -0.1) is 0 Å². The van der Waals surface area contributed by atoms with Crippen molar-refractivity contribution in [1.82, 2.24) is 14.9 Å². The summed E-state index contributed by atoms with van der Waals surface area (Å²) in [5, 5.41) is 3.28. The van der Waals surface area contributed by atoms with Crippen LogP contribution in [-0.4, -0.2) is 57.7 Å². The average molecular weight is 317 g/mol. The molecule has 0 saturated carbocycles. The molecule has 2 rings (SSSR count). The van der Waals surface area contributed by atoms with Crippen molar-refractivity contribution in [3.8, 4) is 0 Å². The number of piperidine rings is 1. The molecule has 0 spiro atoms. The Balaban J connectivity index is 1.62. The highest BCUT2D eigenvalue weighted by Gasteiger charge is 2.20. The van der Waals surface area contributed by atoms with Gasteiger partial charge in [-0.05, 0) is 51.1 Å². The minimum Gasteiger partial charge on any atom is -0.343 e. The topological polar surface area (TPSA) is 78.5 Å². The first-order chi connectivity index (χ1) is 10.1. The number of sulfonamides is 1. The Labute approximate surface area is 127 Å². The van der Waals surface area contributed by atoms with E-state index < -0.39 is 10.0 Å². The van der Waals surface area contributed by atoms with Gasteiger partial charge in [-0.2, -0.15) is 0 Å². The molecule has 1 amide bonds. The highest BCUT2D eigenvalue weighted by Crippen LogP contribution is 2.16. The average Bonchev–Trinajstić information content (AvgIpc) is 3.00. The molecule has 0 aliphatic carbocycles. The van der Waals surface area contributed by atoms with Crippen LogP contribution in [0.1, 0.15) is 38.5 Å². The van der Waals surface area contributed by atoms with Gasteiger partial charge in [-0.25, -0.2) is 13.1 Å². The highest BCUT2D eigenvalue weighted by molar-refractivity contribution is 7.89. The molecule has 2 N–H and O–H groups in total. The summed E-state index contributed by atoms with van der Waals surface area (Å²) >= 11 is 0. The van der Waals surface area contributed by atoms with Crippen molar-refractivity contribution < 1.29 is 13.2 Å². The van der Waals surface area contributed by atoms with Gasteiger partial charge in [0.05, 0.1) is 5.75 Å². The van der Waals surface area contributed by atoms with Crippen LogP contribution in [0.15, 0.2) is 0 Å². The van der Waals surface area contributed by atoms with Crippen LogP contribution >= 0.6 is 0 Å². The standard InChI is InChI=1S/C14H27N3O3S/c18-14(17-10-1-2-11-17)5-9-16-21(19,20)12-6-13-3-7-15-8-4-13/h13,15-16H,1-12H2. The van der Waals surface area contributed by atoms with E-state index in [0.717, 1.165) is 58.3 Å². The quantitative estimate of drug-likeness (QED) is 0.708. The largest absolute Gasteiger partial charge is 0.343 e. The van der Waals surface area contributed by atoms with Crippen molar-refractivity contribution in [1.29, 1.82) is 0 Å². The van der Waals surface area contributed by atoms with Crippen molar-refractivity contribution in [3.63, 3.8) is 0 Å². The first-order valence-electron chi connectivity index (χ1n) is 8.03. The number of amides is 1. The zero-order valence-electron chi connectivity index (χ0n) is 12.6. The summed E-state index contributed by atoms with van der Waals surface area (Å²) in [5.41, 5.74) is 0. The molecule has 0 bridgehead atoms. The van der Waals surface area contributed by atoms with E-state index in [1.54, 1.807) is 0 Å². The van der Waals surface area contributed by atoms with Crippen molar-refractivity contribution >= 4 is 15.9 Å². The van der Waals surface area contributed by atoms with Crippen LogP contribution in [0, 0.1) is 5.92 Å². The summed E-state index contributed by atoms with van der Waals surface area (Å²) in [6.07, 6.45) is 5.23. The van der Waals surface area contributed by atoms with Crippen molar-refractivity contribution in [3.05, 3.63) is 0 Å². The van der Waals surface area contributed by atoms with Crippen LogP contribution < -0.4 is 10.0 Å². The minimum atomic E-state index is -3.24. The fourth-order valence-electron chi connectivity index (χ4n) is 3.00. The van der Waals surface area contributed by atoms with Crippen molar-refractivity contribution in [2.75, 3.05) is 38.5 Å². The van der Waals surface area contributed by atoms with Gasteiger partial charge < -0.3 is 10.2 Å². The van der Waals surface area contributed by atoms with Gasteiger partial charge >= 0.3 is 0 Å². The van der Waals surface area contributed by atoms with Crippen molar-refractivity contribution in [2.45, 2.75) is 38.5 Å². The third-order valence-corrected chi connectivity index (χ3v) is 5.79. The first kappa shape index (κ1) is 16.7. The maximum Gasteiger partial charge on any atom is 0.223 e. The summed E-state index contributed by atoms with van der Waals surface area (Å²) in [7, 11) is -3.24. The van der Waals surface area contributed by atoms with E-state index in [4.69, 9.17) is 0 Å². The SMILES string of the molecule is O=C(CCNS(=O)(=O)CCC1CCNCC1)N1CCCC1. The number of carbonyl (C=O) groups excluding carboxylic acids is 1. The van der Waals surface area contributed by atoms with Gasteiger partial charge in [0.25, 0.3) is 0 Å².